The fourth-order valence-electron chi connectivity index (χ4n) is 4.59. The van der Waals surface area contributed by atoms with Crippen LogP contribution in [0.4, 0.5) is 0 Å². The van der Waals surface area contributed by atoms with Crippen LogP contribution in [0.25, 0.3) is 10.9 Å². The molecule has 0 aliphatic carbocycles. The maximum atomic E-state index is 13.2. The zero-order valence-corrected chi connectivity index (χ0v) is 23.1. The SMILES string of the molecule is NC(Cc1ccc(O)cc1)C(=O)NC(Cc1ccc(O)cc1)C(=O)NCC(=O)NC(Cc1c[nH]c2ccccc12)C(=O)O. The van der Waals surface area contributed by atoms with Crippen molar-refractivity contribution in [2.75, 3.05) is 6.54 Å². The monoisotopic (exact) mass is 587 g/mol. The molecule has 224 valence electrons. The van der Waals surface area contributed by atoms with Crippen LogP contribution in [-0.4, -0.2) is 68.7 Å². The molecule has 4 rings (SSSR count). The fourth-order valence-corrected chi connectivity index (χ4v) is 4.59. The van der Waals surface area contributed by atoms with Crippen LogP contribution < -0.4 is 21.7 Å². The van der Waals surface area contributed by atoms with Crippen molar-refractivity contribution in [2.24, 2.45) is 5.73 Å². The van der Waals surface area contributed by atoms with Gasteiger partial charge in [0.2, 0.25) is 17.7 Å². The standard InChI is InChI=1S/C31H33N5O7/c32-24(13-18-5-9-21(37)10-6-18)29(40)36-26(14-19-7-11-22(38)12-8-19)30(41)34-17-28(39)35-27(31(42)43)15-20-16-33-25-4-2-1-3-23(20)25/h1-12,16,24,26-27,33,37-38H,13-15,17,32H2,(H,34,41)(H,35,39)(H,36,40)(H,42,43). The summed E-state index contributed by atoms with van der Waals surface area (Å²) in [7, 11) is 0. The van der Waals surface area contributed by atoms with Gasteiger partial charge < -0.3 is 42.0 Å². The number of para-hydroxylation sites is 1. The Morgan fingerprint density at radius 3 is 1.98 bits per heavy atom. The van der Waals surface area contributed by atoms with Crippen LogP contribution in [-0.2, 0) is 38.4 Å². The Bertz CT molecular complexity index is 1580. The summed E-state index contributed by atoms with van der Waals surface area (Å²) < 4.78 is 0. The van der Waals surface area contributed by atoms with Gasteiger partial charge in [-0.1, -0.05) is 42.5 Å². The number of H-pyrrole nitrogens is 1. The van der Waals surface area contributed by atoms with Crippen LogP contribution in [0, 0.1) is 0 Å². The maximum Gasteiger partial charge on any atom is 0.326 e. The van der Waals surface area contributed by atoms with Gasteiger partial charge in [0.15, 0.2) is 0 Å². The van der Waals surface area contributed by atoms with Crippen molar-refractivity contribution in [3.8, 4) is 11.5 Å². The van der Waals surface area contributed by atoms with Crippen LogP contribution in [0.1, 0.15) is 16.7 Å². The van der Waals surface area contributed by atoms with Gasteiger partial charge in [-0.25, -0.2) is 4.79 Å². The van der Waals surface area contributed by atoms with Crippen molar-refractivity contribution in [3.05, 3.63) is 95.7 Å². The minimum atomic E-state index is -1.24. The van der Waals surface area contributed by atoms with E-state index in [0.717, 1.165) is 10.9 Å². The van der Waals surface area contributed by atoms with Crippen LogP contribution in [0.5, 0.6) is 11.5 Å². The van der Waals surface area contributed by atoms with Crippen LogP contribution in [0.3, 0.4) is 0 Å². The summed E-state index contributed by atoms with van der Waals surface area (Å²) in [6.45, 7) is -0.530. The number of hydrogen-bond donors (Lipinski definition) is 8. The molecular weight excluding hydrogens is 554 g/mol. The lowest BCUT2D eigenvalue weighted by Gasteiger charge is -2.21. The highest BCUT2D eigenvalue weighted by Gasteiger charge is 2.26. The van der Waals surface area contributed by atoms with Gasteiger partial charge in [-0.05, 0) is 53.4 Å². The number of amides is 3. The molecule has 3 aromatic carbocycles. The summed E-state index contributed by atoms with van der Waals surface area (Å²) >= 11 is 0. The average Bonchev–Trinajstić information content (AvgIpc) is 3.40. The van der Waals surface area contributed by atoms with Gasteiger partial charge in [-0.2, -0.15) is 0 Å². The number of carboxylic acid groups (broad SMARTS) is 1. The molecule has 12 nitrogen and oxygen atoms in total. The normalized spacial score (nSPS) is 13.0. The second kappa shape index (κ2) is 14.0. The second-order valence-electron chi connectivity index (χ2n) is 10.1. The molecule has 3 atom stereocenters. The largest absolute Gasteiger partial charge is 0.508 e. The number of benzene rings is 3. The summed E-state index contributed by atoms with van der Waals surface area (Å²) in [5.74, 6) is -3.14. The van der Waals surface area contributed by atoms with E-state index >= 15 is 0 Å². The Balaban J connectivity index is 1.38. The zero-order chi connectivity index (χ0) is 30.9. The predicted molar refractivity (Wildman–Crippen MR) is 158 cm³/mol. The first-order valence-electron chi connectivity index (χ1n) is 13.6. The lowest BCUT2D eigenvalue weighted by Crippen LogP contribution is -2.54. The van der Waals surface area contributed by atoms with Crippen LogP contribution in [0.15, 0.2) is 79.0 Å². The summed E-state index contributed by atoms with van der Waals surface area (Å²) in [5, 5.41) is 37.1. The van der Waals surface area contributed by atoms with E-state index in [2.05, 4.69) is 20.9 Å². The molecule has 3 amide bonds. The van der Waals surface area contributed by atoms with E-state index in [9.17, 15) is 34.5 Å². The number of rotatable bonds is 13. The van der Waals surface area contributed by atoms with Crippen molar-refractivity contribution in [2.45, 2.75) is 37.4 Å². The minimum Gasteiger partial charge on any atom is -0.508 e. The van der Waals surface area contributed by atoms with Gasteiger partial charge in [0, 0.05) is 29.9 Å². The molecule has 0 fully saturated rings. The zero-order valence-electron chi connectivity index (χ0n) is 23.1. The first-order chi connectivity index (χ1) is 20.6. The number of aromatic hydroxyl groups is 2. The van der Waals surface area contributed by atoms with Gasteiger partial charge in [0.1, 0.15) is 23.6 Å². The molecule has 0 saturated carbocycles. The molecule has 12 heteroatoms. The smallest absolute Gasteiger partial charge is 0.326 e. The van der Waals surface area contributed by atoms with Crippen molar-refractivity contribution in [3.63, 3.8) is 0 Å². The molecule has 4 aromatic rings. The van der Waals surface area contributed by atoms with Crippen molar-refractivity contribution < 1.29 is 34.5 Å². The molecule has 0 spiro atoms. The van der Waals surface area contributed by atoms with E-state index in [0.29, 0.717) is 16.7 Å². The number of aromatic amines is 1. The lowest BCUT2D eigenvalue weighted by atomic mass is 10.0. The number of aliphatic carboxylic acids is 1. The Morgan fingerprint density at radius 1 is 0.744 bits per heavy atom. The molecule has 43 heavy (non-hydrogen) atoms. The number of carboxylic acids is 1. The van der Waals surface area contributed by atoms with E-state index in [1.807, 2.05) is 24.3 Å². The second-order valence-corrected chi connectivity index (χ2v) is 10.1. The number of fused-ring (bicyclic) bond motifs is 1. The van der Waals surface area contributed by atoms with E-state index in [1.165, 1.54) is 24.3 Å². The average molecular weight is 588 g/mol. The molecule has 1 heterocycles. The highest BCUT2D eigenvalue weighted by Crippen LogP contribution is 2.19. The van der Waals surface area contributed by atoms with Crippen LogP contribution in [0.2, 0.25) is 0 Å². The minimum absolute atomic E-state index is 0.0253. The number of hydrogen-bond acceptors (Lipinski definition) is 7. The van der Waals surface area contributed by atoms with E-state index < -0.39 is 48.4 Å². The number of aromatic nitrogens is 1. The Hall–Kier alpha value is -5.36. The third kappa shape index (κ3) is 8.57. The maximum absolute atomic E-state index is 13.2. The van der Waals surface area contributed by atoms with Crippen molar-refractivity contribution >= 4 is 34.6 Å². The van der Waals surface area contributed by atoms with Crippen molar-refractivity contribution in [1.29, 1.82) is 0 Å². The first-order valence-corrected chi connectivity index (χ1v) is 13.6. The lowest BCUT2D eigenvalue weighted by molar-refractivity contribution is -0.141. The molecule has 1 aromatic heterocycles. The fraction of sp³-hybridized carbons (Fsp3) is 0.226. The molecular formula is C31H33N5O7. The number of nitrogens with two attached hydrogens (primary N) is 1. The number of carbonyl (C=O) groups is 4. The summed E-state index contributed by atoms with van der Waals surface area (Å²) in [4.78, 5) is 53.7. The molecule has 3 unspecified atom stereocenters. The van der Waals surface area contributed by atoms with Gasteiger partial charge in [-0.15, -0.1) is 0 Å². The summed E-state index contributed by atoms with van der Waals surface area (Å²) in [6.07, 6.45) is 1.90. The molecule has 9 N–H and O–H groups in total. The molecule has 0 aliphatic rings. The number of phenolic OH excluding ortho intramolecular Hbond substituents is 2. The van der Waals surface area contributed by atoms with E-state index in [-0.39, 0.29) is 30.8 Å². The predicted octanol–water partition coefficient (Wildman–Crippen LogP) is 1.10. The van der Waals surface area contributed by atoms with E-state index in [4.69, 9.17) is 5.73 Å². The Kier molecular flexibility index (Phi) is 9.97. The highest BCUT2D eigenvalue weighted by molar-refractivity contribution is 5.93. The molecule has 0 radical (unpaired) electrons. The van der Waals surface area contributed by atoms with Gasteiger partial charge in [-0.3, -0.25) is 14.4 Å². The summed E-state index contributed by atoms with van der Waals surface area (Å²) in [6, 6.07) is 16.3. The Labute approximate surface area is 246 Å². The third-order valence-corrected chi connectivity index (χ3v) is 6.89. The number of phenols is 2. The topological polar surface area (TPSA) is 207 Å². The van der Waals surface area contributed by atoms with E-state index in [1.54, 1.807) is 30.5 Å². The van der Waals surface area contributed by atoms with Crippen LogP contribution >= 0.6 is 0 Å². The highest BCUT2D eigenvalue weighted by atomic mass is 16.4. The molecule has 0 aliphatic heterocycles. The van der Waals surface area contributed by atoms with Crippen molar-refractivity contribution in [1.82, 2.24) is 20.9 Å². The molecule has 0 bridgehead atoms. The Morgan fingerprint density at radius 2 is 1.35 bits per heavy atom. The van der Waals surface area contributed by atoms with Gasteiger partial charge in [0.05, 0.1) is 12.6 Å². The first kappa shape index (κ1) is 30.6. The quantitative estimate of drug-likeness (QED) is 0.113. The third-order valence-electron chi connectivity index (χ3n) is 6.89. The van der Waals surface area contributed by atoms with Gasteiger partial charge in [0.25, 0.3) is 0 Å². The summed E-state index contributed by atoms with van der Waals surface area (Å²) in [5.41, 5.74) is 8.97. The molecule has 0 saturated heterocycles. The number of nitrogens with one attached hydrogen (secondary N) is 4. The number of carbonyl (C=O) groups excluding carboxylic acids is 3. The van der Waals surface area contributed by atoms with Gasteiger partial charge >= 0.3 is 5.97 Å².